The average molecular weight is 455 g/mol. The molecule has 32 heavy (non-hydrogen) atoms. The van der Waals surface area contributed by atoms with Crippen molar-refractivity contribution in [2.45, 2.75) is 65.7 Å². The van der Waals surface area contributed by atoms with Gasteiger partial charge in [0.15, 0.2) is 0 Å². The predicted molar refractivity (Wildman–Crippen MR) is 138 cm³/mol. The number of carbonyl (C=O) groups is 1. The molecule has 4 heteroatoms. The zero-order valence-corrected chi connectivity index (χ0v) is 20.8. The molecule has 3 nitrogen and oxygen atoms in total. The number of ketones is 1. The summed E-state index contributed by atoms with van der Waals surface area (Å²) in [6, 6.07) is 16.5. The van der Waals surface area contributed by atoms with E-state index in [1.165, 1.54) is 50.8 Å². The van der Waals surface area contributed by atoms with Gasteiger partial charge >= 0.3 is 0 Å². The molecule has 3 aromatic rings. The number of carbonyl (C=O) groups excluding carboxylic acids is 1. The van der Waals surface area contributed by atoms with E-state index in [-0.39, 0.29) is 18.2 Å². The Labute approximate surface area is 200 Å². The highest BCUT2D eigenvalue weighted by Crippen LogP contribution is 2.21. The molecule has 0 atom stereocenters. The quantitative estimate of drug-likeness (QED) is 0.260. The van der Waals surface area contributed by atoms with E-state index < -0.39 is 0 Å². The zero-order valence-electron chi connectivity index (χ0n) is 20.0. The second kappa shape index (κ2) is 13.4. The van der Waals surface area contributed by atoms with Crippen LogP contribution in [0.5, 0.6) is 0 Å². The Balaban J connectivity index is 0.00000363. The molecule has 0 spiro atoms. The summed E-state index contributed by atoms with van der Waals surface area (Å²) < 4.78 is 2.02. The fourth-order valence-electron chi connectivity index (χ4n) is 4.27. The minimum absolute atomic E-state index is 0. The van der Waals surface area contributed by atoms with E-state index in [0.29, 0.717) is 0 Å². The van der Waals surface area contributed by atoms with E-state index >= 15 is 0 Å². The molecule has 0 N–H and O–H groups in total. The molecule has 0 saturated carbocycles. The molecule has 174 valence electrons. The molecule has 3 rings (SSSR count). The Morgan fingerprint density at radius 1 is 0.875 bits per heavy atom. The van der Waals surface area contributed by atoms with Crippen molar-refractivity contribution in [3.63, 3.8) is 0 Å². The van der Waals surface area contributed by atoms with Gasteiger partial charge in [0.05, 0.1) is 5.69 Å². The van der Waals surface area contributed by atoms with Crippen LogP contribution in [0.1, 0.15) is 80.1 Å². The van der Waals surface area contributed by atoms with Crippen LogP contribution >= 0.6 is 12.4 Å². The summed E-state index contributed by atoms with van der Waals surface area (Å²) in [5.74, 6) is 0.111. The maximum atomic E-state index is 13.3. The Morgan fingerprint density at radius 3 is 2.16 bits per heavy atom. The van der Waals surface area contributed by atoms with Gasteiger partial charge in [-0.05, 0) is 81.1 Å². The van der Waals surface area contributed by atoms with Gasteiger partial charge in [-0.25, -0.2) is 0 Å². The number of halogens is 1. The van der Waals surface area contributed by atoms with Crippen molar-refractivity contribution in [1.82, 2.24) is 9.30 Å². The molecule has 0 aliphatic heterocycles. The van der Waals surface area contributed by atoms with Gasteiger partial charge in [-0.15, -0.1) is 12.4 Å². The number of aromatic nitrogens is 1. The fraction of sp³-hybridized carbons (Fsp3) is 0.464. The number of rotatable bonds is 13. The first-order valence-corrected chi connectivity index (χ1v) is 12.1. The maximum absolute atomic E-state index is 13.3. The SMILES string of the molecule is CCCCN(CCCC)CCCc1ccc(C(=O)c2c(CC)cc3ccccn23)cc1.Cl. The number of unbranched alkanes of at least 4 members (excludes halogenated alkanes) is 2. The monoisotopic (exact) mass is 454 g/mol. The molecule has 0 amide bonds. The van der Waals surface area contributed by atoms with Crippen LogP contribution in [0.2, 0.25) is 0 Å². The average Bonchev–Trinajstić information content (AvgIpc) is 3.19. The third-order valence-electron chi connectivity index (χ3n) is 6.17. The molecule has 0 aliphatic carbocycles. The van der Waals surface area contributed by atoms with Crippen LogP contribution in [-0.2, 0) is 12.8 Å². The summed E-state index contributed by atoms with van der Waals surface area (Å²) in [6.45, 7) is 10.2. The van der Waals surface area contributed by atoms with Crippen molar-refractivity contribution >= 4 is 23.7 Å². The van der Waals surface area contributed by atoms with Gasteiger partial charge in [-0.1, -0.05) is 63.9 Å². The van der Waals surface area contributed by atoms with Crippen LogP contribution in [-0.4, -0.2) is 34.7 Å². The van der Waals surface area contributed by atoms with E-state index in [1.807, 2.05) is 34.9 Å². The number of benzene rings is 1. The van der Waals surface area contributed by atoms with Crippen LogP contribution in [0.15, 0.2) is 54.7 Å². The van der Waals surface area contributed by atoms with Gasteiger partial charge in [-0.2, -0.15) is 0 Å². The number of fused-ring (bicyclic) bond motifs is 1. The lowest BCUT2D eigenvalue weighted by molar-refractivity contribution is 0.103. The first kappa shape index (κ1) is 26.2. The third-order valence-corrected chi connectivity index (χ3v) is 6.17. The van der Waals surface area contributed by atoms with E-state index in [1.54, 1.807) is 0 Å². The maximum Gasteiger partial charge on any atom is 0.210 e. The normalized spacial score (nSPS) is 11.1. The van der Waals surface area contributed by atoms with Crippen molar-refractivity contribution in [3.8, 4) is 0 Å². The summed E-state index contributed by atoms with van der Waals surface area (Å²) in [5.41, 5.74) is 5.08. The summed E-state index contributed by atoms with van der Waals surface area (Å²) in [5, 5.41) is 0. The first-order chi connectivity index (χ1) is 15.2. The topological polar surface area (TPSA) is 24.7 Å². The smallest absolute Gasteiger partial charge is 0.210 e. The molecule has 2 aromatic heterocycles. The first-order valence-electron chi connectivity index (χ1n) is 12.1. The van der Waals surface area contributed by atoms with Crippen LogP contribution in [0.4, 0.5) is 0 Å². The van der Waals surface area contributed by atoms with Crippen molar-refractivity contribution in [2.24, 2.45) is 0 Å². The minimum Gasteiger partial charge on any atom is -0.313 e. The van der Waals surface area contributed by atoms with Gasteiger partial charge in [-0.3, -0.25) is 4.79 Å². The van der Waals surface area contributed by atoms with Crippen LogP contribution in [0.3, 0.4) is 0 Å². The molecule has 0 unspecified atom stereocenters. The van der Waals surface area contributed by atoms with Crippen molar-refractivity contribution in [3.05, 3.63) is 77.1 Å². The fourth-order valence-corrected chi connectivity index (χ4v) is 4.27. The van der Waals surface area contributed by atoms with Crippen molar-refractivity contribution < 1.29 is 4.79 Å². The highest BCUT2D eigenvalue weighted by Gasteiger charge is 2.18. The molecule has 0 aliphatic rings. The van der Waals surface area contributed by atoms with Gasteiger partial charge in [0.2, 0.25) is 5.78 Å². The molecule has 2 heterocycles. The van der Waals surface area contributed by atoms with Crippen molar-refractivity contribution in [2.75, 3.05) is 19.6 Å². The molecule has 0 fully saturated rings. The van der Waals surface area contributed by atoms with Crippen molar-refractivity contribution in [1.29, 1.82) is 0 Å². The standard InChI is InChI=1S/C28H38N2O.ClH/c1-4-7-18-29(19-8-5-2)20-11-12-23-14-16-25(17-15-23)28(31)27-24(6-3)22-26-13-9-10-21-30(26)27;/h9-10,13-17,21-22H,4-8,11-12,18-20H2,1-3H3;1H. The van der Waals surface area contributed by atoms with Gasteiger partial charge < -0.3 is 9.30 Å². The summed E-state index contributed by atoms with van der Waals surface area (Å²) >= 11 is 0. The Bertz CT molecular complexity index is 953. The molecule has 0 radical (unpaired) electrons. The third kappa shape index (κ3) is 6.70. The van der Waals surface area contributed by atoms with Gasteiger partial charge in [0, 0.05) is 17.3 Å². The predicted octanol–water partition coefficient (Wildman–Crippen LogP) is 6.99. The van der Waals surface area contributed by atoms with E-state index in [9.17, 15) is 4.79 Å². The zero-order chi connectivity index (χ0) is 22.1. The Morgan fingerprint density at radius 2 is 1.53 bits per heavy atom. The van der Waals surface area contributed by atoms with Gasteiger partial charge in [0.25, 0.3) is 0 Å². The Kier molecular flexibility index (Phi) is 11.0. The molecule has 1 aromatic carbocycles. The highest BCUT2D eigenvalue weighted by atomic mass is 35.5. The van der Waals surface area contributed by atoms with Crippen LogP contribution in [0, 0.1) is 0 Å². The van der Waals surface area contributed by atoms with Crippen LogP contribution in [0.25, 0.3) is 5.52 Å². The molecular formula is C28H39ClN2O. The van der Waals surface area contributed by atoms with E-state index in [4.69, 9.17) is 0 Å². The number of pyridine rings is 1. The summed E-state index contributed by atoms with van der Waals surface area (Å²) in [6.07, 6.45) is 10.2. The summed E-state index contributed by atoms with van der Waals surface area (Å²) in [4.78, 5) is 15.9. The van der Waals surface area contributed by atoms with E-state index in [2.05, 4.69) is 49.9 Å². The molecule has 0 bridgehead atoms. The Hall–Kier alpha value is -2.10. The van der Waals surface area contributed by atoms with Crippen LogP contribution < -0.4 is 0 Å². The lowest BCUT2D eigenvalue weighted by atomic mass is 10.0. The molecule has 0 saturated heterocycles. The van der Waals surface area contributed by atoms with E-state index in [0.717, 1.165) is 41.7 Å². The minimum atomic E-state index is 0. The lowest BCUT2D eigenvalue weighted by Gasteiger charge is -2.21. The largest absolute Gasteiger partial charge is 0.313 e. The second-order valence-corrected chi connectivity index (χ2v) is 8.55. The lowest BCUT2D eigenvalue weighted by Crippen LogP contribution is -2.27. The second-order valence-electron chi connectivity index (χ2n) is 8.55. The highest BCUT2D eigenvalue weighted by molar-refractivity contribution is 6.09. The summed E-state index contributed by atoms with van der Waals surface area (Å²) in [7, 11) is 0. The molecular weight excluding hydrogens is 416 g/mol. The number of hydrogen-bond donors (Lipinski definition) is 0. The van der Waals surface area contributed by atoms with Gasteiger partial charge in [0.1, 0.15) is 0 Å². The number of aryl methyl sites for hydroxylation is 2. The number of nitrogens with zero attached hydrogens (tertiary/aromatic N) is 2. The number of hydrogen-bond acceptors (Lipinski definition) is 2.